The van der Waals surface area contributed by atoms with E-state index in [-0.39, 0.29) is 11.5 Å². The molecule has 0 bridgehead atoms. The van der Waals surface area contributed by atoms with E-state index >= 15 is 0 Å². The first-order valence-electron chi connectivity index (χ1n) is 6.41. The van der Waals surface area contributed by atoms with Crippen molar-refractivity contribution in [3.05, 3.63) is 65.9 Å². The molecule has 0 aliphatic rings. The van der Waals surface area contributed by atoms with Crippen LogP contribution in [0.4, 0.5) is 13.2 Å². The molecule has 3 nitrogen and oxygen atoms in total. The van der Waals surface area contributed by atoms with Crippen LogP contribution in [-0.2, 0) is 0 Å². The van der Waals surface area contributed by atoms with Crippen LogP contribution in [0.1, 0.15) is 16.1 Å². The highest BCUT2D eigenvalue weighted by Gasteiger charge is 2.31. The van der Waals surface area contributed by atoms with Gasteiger partial charge in [0.2, 0.25) is 5.78 Å². The molecule has 0 saturated carbocycles. The van der Waals surface area contributed by atoms with Crippen molar-refractivity contribution < 1.29 is 22.7 Å². The third-order valence-corrected chi connectivity index (χ3v) is 3.11. The summed E-state index contributed by atoms with van der Waals surface area (Å²) in [6, 6.07) is 14.1. The maximum absolute atomic E-state index is 12.3. The normalized spacial score (nSPS) is 11.6. The highest BCUT2D eigenvalue weighted by Crippen LogP contribution is 2.27. The van der Waals surface area contributed by atoms with E-state index in [2.05, 4.69) is 9.72 Å². The second-order valence-electron chi connectivity index (χ2n) is 4.68. The summed E-state index contributed by atoms with van der Waals surface area (Å²) in [6.07, 6.45) is -4.75. The van der Waals surface area contributed by atoms with Crippen molar-refractivity contribution in [1.29, 1.82) is 0 Å². The SMILES string of the molecule is O=C(c1ccccc1)c1cc2ccc(OC(F)(F)F)cc2[nH]1. The predicted octanol–water partition coefficient (Wildman–Crippen LogP) is 4.30. The Hall–Kier alpha value is -2.76. The van der Waals surface area contributed by atoms with Gasteiger partial charge >= 0.3 is 6.36 Å². The van der Waals surface area contributed by atoms with Gasteiger partial charge in [0.15, 0.2) is 0 Å². The monoisotopic (exact) mass is 305 g/mol. The second-order valence-corrected chi connectivity index (χ2v) is 4.68. The second kappa shape index (κ2) is 5.22. The summed E-state index contributed by atoms with van der Waals surface area (Å²) in [5.74, 6) is -0.560. The summed E-state index contributed by atoms with van der Waals surface area (Å²) < 4.78 is 40.5. The van der Waals surface area contributed by atoms with Gasteiger partial charge in [0.05, 0.1) is 5.69 Å². The van der Waals surface area contributed by atoms with Gasteiger partial charge in [0, 0.05) is 22.5 Å². The highest BCUT2D eigenvalue weighted by atomic mass is 19.4. The molecule has 0 radical (unpaired) electrons. The summed E-state index contributed by atoms with van der Waals surface area (Å²) in [7, 11) is 0. The van der Waals surface area contributed by atoms with Gasteiger partial charge in [-0.2, -0.15) is 0 Å². The number of aromatic nitrogens is 1. The zero-order chi connectivity index (χ0) is 15.7. The molecule has 1 aromatic heterocycles. The molecule has 0 saturated heterocycles. The summed E-state index contributed by atoms with van der Waals surface area (Å²) >= 11 is 0. The molecule has 22 heavy (non-hydrogen) atoms. The van der Waals surface area contributed by atoms with Crippen LogP contribution in [0.2, 0.25) is 0 Å². The van der Waals surface area contributed by atoms with E-state index in [1.54, 1.807) is 36.4 Å². The fraction of sp³-hybridized carbons (Fsp3) is 0.0625. The number of ketones is 1. The molecule has 1 heterocycles. The van der Waals surface area contributed by atoms with Crippen LogP contribution in [0.5, 0.6) is 5.75 Å². The van der Waals surface area contributed by atoms with Crippen LogP contribution < -0.4 is 4.74 Å². The number of alkyl halides is 3. The van der Waals surface area contributed by atoms with E-state index in [9.17, 15) is 18.0 Å². The molecular weight excluding hydrogens is 295 g/mol. The molecule has 0 aliphatic heterocycles. The van der Waals surface area contributed by atoms with Gasteiger partial charge < -0.3 is 9.72 Å². The number of aromatic amines is 1. The standard InChI is InChI=1S/C16H10F3NO2/c17-16(18,19)22-12-7-6-11-8-14(20-13(11)9-12)15(21)10-4-2-1-3-5-10/h1-9,20H. The number of carbonyl (C=O) groups excluding carboxylic acids is 1. The van der Waals surface area contributed by atoms with Crippen molar-refractivity contribution in [2.75, 3.05) is 0 Å². The van der Waals surface area contributed by atoms with Gasteiger partial charge in [-0.3, -0.25) is 4.79 Å². The van der Waals surface area contributed by atoms with E-state index < -0.39 is 6.36 Å². The zero-order valence-corrected chi connectivity index (χ0v) is 11.1. The molecule has 112 valence electrons. The minimum atomic E-state index is -4.75. The number of halogens is 3. The molecular formula is C16H10F3NO2. The van der Waals surface area contributed by atoms with Crippen molar-refractivity contribution in [1.82, 2.24) is 4.98 Å². The summed E-state index contributed by atoms with van der Waals surface area (Å²) in [5, 5.41) is 0.633. The van der Waals surface area contributed by atoms with E-state index in [0.29, 0.717) is 22.2 Å². The molecule has 1 N–H and O–H groups in total. The smallest absolute Gasteiger partial charge is 0.406 e. The molecule has 2 aromatic carbocycles. The lowest BCUT2D eigenvalue weighted by Crippen LogP contribution is -2.16. The maximum Gasteiger partial charge on any atom is 0.573 e. The summed E-state index contributed by atoms with van der Waals surface area (Å²) in [5.41, 5.74) is 1.22. The minimum absolute atomic E-state index is 0.227. The lowest BCUT2D eigenvalue weighted by atomic mass is 10.1. The molecule has 0 amide bonds. The summed E-state index contributed by atoms with van der Waals surface area (Å²) in [6.45, 7) is 0. The zero-order valence-electron chi connectivity index (χ0n) is 11.1. The molecule has 0 unspecified atom stereocenters. The topological polar surface area (TPSA) is 42.1 Å². The van der Waals surface area contributed by atoms with Crippen LogP contribution >= 0.6 is 0 Å². The van der Waals surface area contributed by atoms with E-state index in [1.807, 2.05) is 0 Å². The van der Waals surface area contributed by atoms with Crippen LogP contribution in [0.25, 0.3) is 10.9 Å². The van der Waals surface area contributed by atoms with Crippen molar-refractivity contribution in [2.45, 2.75) is 6.36 Å². The van der Waals surface area contributed by atoms with Gasteiger partial charge in [0.25, 0.3) is 0 Å². The number of rotatable bonds is 3. The number of hydrogen-bond donors (Lipinski definition) is 1. The Balaban J connectivity index is 1.95. The maximum atomic E-state index is 12.3. The van der Waals surface area contributed by atoms with Crippen molar-refractivity contribution in [2.24, 2.45) is 0 Å². The Bertz CT molecular complexity index is 822. The van der Waals surface area contributed by atoms with Crippen LogP contribution in [0.3, 0.4) is 0 Å². The highest BCUT2D eigenvalue weighted by molar-refractivity contribution is 6.10. The third-order valence-electron chi connectivity index (χ3n) is 3.11. The Morgan fingerprint density at radius 3 is 2.41 bits per heavy atom. The first-order valence-corrected chi connectivity index (χ1v) is 6.41. The average Bonchev–Trinajstić information content (AvgIpc) is 2.89. The van der Waals surface area contributed by atoms with Gasteiger partial charge in [-0.15, -0.1) is 13.2 Å². The Kier molecular flexibility index (Phi) is 3.36. The number of nitrogens with one attached hydrogen (secondary N) is 1. The Labute approximate surface area is 123 Å². The fourth-order valence-electron chi connectivity index (χ4n) is 2.17. The molecule has 0 atom stereocenters. The molecule has 0 fully saturated rings. The number of carbonyl (C=O) groups is 1. The van der Waals surface area contributed by atoms with Crippen LogP contribution in [-0.4, -0.2) is 17.1 Å². The van der Waals surface area contributed by atoms with Gasteiger partial charge in [-0.25, -0.2) is 0 Å². The Morgan fingerprint density at radius 2 is 1.73 bits per heavy atom. The minimum Gasteiger partial charge on any atom is -0.406 e. The van der Waals surface area contributed by atoms with E-state index in [4.69, 9.17) is 0 Å². The number of ether oxygens (including phenoxy) is 1. The van der Waals surface area contributed by atoms with Crippen molar-refractivity contribution >= 4 is 16.7 Å². The number of benzene rings is 2. The van der Waals surface area contributed by atoms with Crippen LogP contribution in [0, 0.1) is 0 Å². The molecule has 0 spiro atoms. The summed E-state index contributed by atoms with van der Waals surface area (Å²) in [4.78, 5) is 15.1. The first-order chi connectivity index (χ1) is 10.4. The van der Waals surface area contributed by atoms with Gasteiger partial charge in [-0.1, -0.05) is 30.3 Å². The number of fused-ring (bicyclic) bond motifs is 1. The predicted molar refractivity (Wildman–Crippen MR) is 74.9 cm³/mol. The molecule has 0 aliphatic carbocycles. The average molecular weight is 305 g/mol. The third kappa shape index (κ3) is 2.95. The Morgan fingerprint density at radius 1 is 1.00 bits per heavy atom. The molecule has 3 aromatic rings. The fourth-order valence-corrected chi connectivity index (χ4v) is 2.17. The number of H-pyrrole nitrogens is 1. The van der Waals surface area contributed by atoms with Gasteiger partial charge in [0.1, 0.15) is 5.75 Å². The molecule has 3 rings (SSSR count). The lowest BCUT2D eigenvalue weighted by Gasteiger charge is -2.08. The lowest BCUT2D eigenvalue weighted by molar-refractivity contribution is -0.274. The van der Waals surface area contributed by atoms with Gasteiger partial charge in [-0.05, 0) is 18.2 Å². The quantitative estimate of drug-likeness (QED) is 0.733. The van der Waals surface area contributed by atoms with E-state index in [0.717, 1.165) is 0 Å². The van der Waals surface area contributed by atoms with Crippen LogP contribution in [0.15, 0.2) is 54.6 Å². The first kappa shape index (κ1) is 14.2. The van der Waals surface area contributed by atoms with Crippen molar-refractivity contribution in [3.8, 4) is 5.75 Å². The largest absolute Gasteiger partial charge is 0.573 e. The van der Waals surface area contributed by atoms with Crippen molar-refractivity contribution in [3.63, 3.8) is 0 Å². The number of hydrogen-bond acceptors (Lipinski definition) is 2. The molecule has 6 heteroatoms. The van der Waals surface area contributed by atoms with E-state index in [1.165, 1.54) is 18.2 Å².